The van der Waals surface area contributed by atoms with Gasteiger partial charge in [-0.1, -0.05) is 6.07 Å². The van der Waals surface area contributed by atoms with Gasteiger partial charge in [-0.2, -0.15) is 0 Å². The molecule has 1 N–H and O–H groups in total. The number of pyridine rings is 1. The lowest BCUT2D eigenvalue weighted by Crippen LogP contribution is -2.30. The Labute approximate surface area is 119 Å². The summed E-state index contributed by atoms with van der Waals surface area (Å²) < 4.78 is 1.85. The van der Waals surface area contributed by atoms with Crippen LogP contribution in [0, 0.1) is 20.8 Å². The summed E-state index contributed by atoms with van der Waals surface area (Å²) in [5.74, 6) is -0.0291. The quantitative estimate of drug-likeness (QED) is 0.927. The highest BCUT2D eigenvalue weighted by Crippen LogP contribution is 2.11. The number of aryl methyl sites for hydroxylation is 2. The van der Waals surface area contributed by atoms with Gasteiger partial charge in [0.25, 0.3) is 0 Å². The number of rotatable bonds is 4. The third kappa shape index (κ3) is 3.23. The Morgan fingerprint density at radius 2 is 2.05 bits per heavy atom. The molecular formula is C15H20N4O. The molecule has 2 heterocycles. The molecule has 0 saturated carbocycles. The van der Waals surface area contributed by atoms with Crippen molar-refractivity contribution in [3.8, 4) is 0 Å². The molecule has 106 valence electrons. The second-order valence-electron chi connectivity index (χ2n) is 5.07. The summed E-state index contributed by atoms with van der Waals surface area (Å²) >= 11 is 0. The van der Waals surface area contributed by atoms with E-state index in [9.17, 15) is 4.79 Å². The van der Waals surface area contributed by atoms with E-state index in [1.54, 1.807) is 12.5 Å². The number of amides is 1. The summed E-state index contributed by atoms with van der Waals surface area (Å²) in [6.07, 6.45) is 3.50. The first-order valence-electron chi connectivity index (χ1n) is 6.67. The van der Waals surface area contributed by atoms with Gasteiger partial charge < -0.3 is 9.88 Å². The lowest BCUT2D eigenvalue weighted by molar-refractivity contribution is -0.122. The maximum absolute atomic E-state index is 12.0. The Balaban J connectivity index is 1.97. The average Bonchev–Trinajstić information content (AvgIpc) is 2.71. The largest absolute Gasteiger partial charge is 0.348 e. The first kappa shape index (κ1) is 14.2. The van der Waals surface area contributed by atoms with Crippen LogP contribution in [0.3, 0.4) is 0 Å². The minimum atomic E-state index is -0.0551. The summed E-state index contributed by atoms with van der Waals surface area (Å²) in [6, 6.07) is 3.88. The van der Waals surface area contributed by atoms with Gasteiger partial charge >= 0.3 is 0 Å². The molecule has 0 bridgehead atoms. The molecule has 1 amide bonds. The summed E-state index contributed by atoms with van der Waals surface area (Å²) in [4.78, 5) is 20.5. The first-order chi connectivity index (χ1) is 9.47. The van der Waals surface area contributed by atoms with Crippen molar-refractivity contribution in [1.82, 2.24) is 19.9 Å². The van der Waals surface area contributed by atoms with Crippen LogP contribution in [-0.4, -0.2) is 20.4 Å². The van der Waals surface area contributed by atoms with Crippen molar-refractivity contribution in [2.75, 3.05) is 0 Å². The van der Waals surface area contributed by atoms with Crippen molar-refractivity contribution >= 4 is 5.91 Å². The summed E-state index contributed by atoms with van der Waals surface area (Å²) in [6.45, 7) is 8.08. The normalized spacial score (nSPS) is 12.2. The van der Waals surface area contributed by atoms with Gasteiger partial charge in [0.05, 0.1) is 18.1 Å². The van der Waals surface area contributed by atoms with E-state index in [4.69, 9.17) is 0 Å². The fourth-order valence-electron chi connectivity index (χ4n) is 1.96. The summed E-state index contributed by atoms with van der Waals surface area (Å²) in [5, 5.41) is 2.97. The van der Waals surface area contributed by atoms with Crippen molar-refractivity contribution in [1.29, 1.82) is 0 Å². The zero-order valence-corrected chi connectivity index (χ0v) is 12.3. The second-order valence-corrected chi connectivity index (χ2v) is 5.07. The molecule has 2 aromatic heterocycles. The number of nitrogens with one attached hydrogen (secondary N) is 1. The Kier molecular flexibility index (Phi) is 4.17. The summed E-state index contributed by atoms with van der Waals surface area (Å²) in [7, 11) is 0. The highest BCUT2D eigenvalue weighted by molar-refractivity contribution is 5.76. The molecule has 0 aliphatic rings. The van der Waals surface area contributed by atoms with Crippen LogP contribution in [0.2, 0.25) is 0 Å². The molecule has 0 spiro atoms. The van der Waals surface area contributed by atoms with Crippen molar-refractivity contribution in [3.63, 3.8) is 0 Å². The molecule has 5 heteroatoms. The molecular weight excluding hydrogens is 252 g/mol. The smallest absolute Gasteiger partial charge is 0.240 e. The number of aromatic nitrogens is 3. The maximum atomic E-state index is 12.0. The molecule has 0 fully saturated rings. The molecule has 20 heavy (non-hydrogen) atoms. The third-order valence-electron chi connectivity index (χ3n) is 3.47. The zero-order valence-electron chi connectivity index (χ0n) is 12.3. The van der Waals surface area contributed by atoms with Gasteiger partial charge in [-0.3, -0.25) is 9.78 Å². The molecule has 0 aliphatic heterocycles. The number of carbonyl (C=O) groups is 1. The molecule has 2 aromatic rings. The Morgan fingerprint density at radius 1 is 1.30 bits per heavy atom. The molecule has 0 unspecified atom stereocenters. The fourth-order valence-corrected chi connectivity index (χ4v) is 1.96. The van der Waals surface area contributed by atoms with E-state index in [-0.39, 0.29) is 18.5 Å². The van der Waals surface area contributed by atoms with E-state index in [1.807, 2.05) is 44.4 Å². The van der Waals surface area contributed by atoms with Crippen LogP contribution in [0.25, 0.3) is 0 Å². The average molecular weight is 272 g/mol. The molecule has 0 saturated heterocycles. The molecule has 1 atom stereocenters. The lowest BCUT2D eigenvalue weighted by atomic mass is 10.1. The number of imidazole rings is 1. The minimum absolute atomic E-state index is 0.0291. The van der Waals surface area contributed by atoms with Gasteiger partial charge in [0.2, 0.25) is 5.91 Å². The van der Waals surface area contributed by atoms with Gasteiger partial charge in [-0.05, 0) is 39.3 Å². The van der Waals surface area contributed by atoms with Crippen LogP contribution in [0.1, 0.15) is 35.6 Å². The summed E-state index contributed by atoms with van der Waals surface area (Å²) in [5.41, 5.74) is 3.94. The SMILES string of the molecule is Cc1ccc([C@H](C)NC(=O)Cn2cnc(C)c2C)cn1. The molecule has 5 nitrogen and oxygen atoms in total. The van der Waals surface area contributed by atoms with Crippen molar-refractivity contribution in [2.45, 2.75) is 40.3 Å². The van der Waals surface area contributed by atoms with E-state index in [1.165, 1.54) is 0 Å². The minimum Gasteiger partial charge on any atom is -0.348 e. The van der Waals surface area contributed by atoms with Gasteiger partial charge in [0.15, 0.2) is 0 Å². The first-order valence-corrected chi connectivity index (χ1v) is 6.67. The molecule has 0 aliphatic carbocycles. The third-order valence-corrected chi connectivity index (χ3v) is 3.47. The number of hydrogen-bond acceptors (Lipinski definition) is 3. The monoisotopic (exact) mass is 272 g/mol. The van der Waals surface area contributed by atoms with E-state index >= 15 is 0 Å². The maximum Gasteiger partial charge on any atom is 0.240 e. The molecule has 2 rings (SSSR count). The number of nitrogens with zero attached hydrogens (tertiary/aromatic N) is 3. The van der Waals surface area contributed by atoms with Crippen LogP contribution in [0.15, 0.2) is 24.7 Å². The lowest BCUT2D eigenvalue weighted by Gasteiger charge is -2.15. The van der Waals surface area contributed by atoms with E-state index in [0.29, 0.717) is 0 Å². The van der Waals surface area contributed by atoms with Crippen LogP contribution < -0.4 is 5.32 Å². The zero-order chi connectivity index (χ0) is 14.7. The predicted molar refractivity (Wildman–Crippen MR) is 77.2 cm³/mol. The van der Waals surface area contributed by atoms with E-state index in [0.717, 1.165) is 22.6 Å². The van der Waals surface area contributed by atoms with Crippen molar-refractivity contribution in [2.24, 2.45) is 0 Å². The number of carbonyl (C=O) groups excluding carboxylic acids is 1. The highest BCUT2D eigenvalue weighted by atomic mass is 16.2. The van der Waals surface area contributed by atoms with Gasteiger partial charge in [-0.15, -0.1) is 0 Å². The molecule has 0 aromatic carbocycles. The van der Waals surface area contributed by atoms with Crippen LogP contribution in [0.5, 0.6) is 0 Å². The Bertz CT molecular complexity index is 601. The van der Waals surface area contributed by atoms with Gasteiger partial charge in [-0.25, -0.2) is 4.98 Å². The predicted octanol–water partition coefficient (Wildman–Crippen LogP) is 2.08. The standard InChI is InChI=1S/C15H20N4O/c1-10-5-6-14(7-16-10)12(3)18-15(20)8-19-9-17-11(2)13(19)4/h5-7,9,12H,8H2,1-4H3,(H,18,20)/t12-/m0/s1. The highest BCUT2D eigenvalue weighted by Gasteiger charge is 2.11. The van der Waals surface area contributed by atoms with Gasteiger partial charge in [0.1, 0.15) is 6.54 Å². The van der Waals surface area contributed by atoms with Gasteiger partial charge in [0, 0.05) is 17.6 Å². The Morgan fingerprint density at radius 3 is 2.60 bits per heavy atom. The van der Waals surface area contributed by atoms with E-state index in [2.05, 4.69) is 15.3 Å². The van der Waals surface area contributed by atoms with Crippen LogP contribution in [-0.2, 0) is 11.3 Å². The van der Waals surface area contributed by atoms with E-state index < -0.39 is 0 Å². The van der Waals surface area contributed by atoms with Crippen molar-refractivity contribution < 1.29 is 4.79 Å². The topological polar surface area (TPSA) is 59.8 Å². The number of hydrogen-bond donors (Lipinski definition) is 1. The van der Waals surface area contributed by atoms with Crippen molar-refractivity contribution in [3.05, 3.63) is 47.3 Å². The second kappa shape index (κ2) is 5.86. The van der Waals surface area contributed by atoms with Crippen LogP contribution >= 0.6 is 0 Å². The van der Waals surface area contributed by atoms with Crippen LogP contribution in [0.4, 0.5) is 0 Å². The Hall–Kier alpha value is -2.17. The molecule has 0 radical (unpaired) electrons. The fraction of sp³-hybridized carbons (Fsp3) is 0.400.